The molecule has 0 bridgehead atoms. The molecule has 0 amide bonds. The third-order valence-corrected chi connectivity index (χ3v) is 2.96. The Kier molecular flexibility index (Phi) is 2.37. The molecule has 0 atom stereocenters. The van der Waals surface area contributed by atoms with Gasteiger partial charge < -0.3 is 0 Å². The molecule has 0 saturated heterocycles. The van der Waals surface area contributed by atoms with Crippen LogP contribution in [0.2, 0.25) is 0 Å². The largest absolute Gasteiger partial charge is 0.248 e. The lowest BCUT2D eigenvalue weighted by Crippen LogP contribution is -1.87. The highest BCUT2D eigenvalue weighted by Crippen LogP contribution is 2.23. The zero-order valence-corrected chi connectivity index (χ0v) is 9.64. The highest BCUT2D eigenvalue weighted by atomic mass is 14.7. The number of pyridine rings is 1. The number of para-hydroxylation sites is 1. The molecule has 0 N–H and O–H groups in total. The summed E-state index contributed by atoms with van der Waals surface area (Å²) in [6, 6.07) is 21.4. The molecule has 81 valence electrons. The summed E-state index contributed by atoms with van der Waals surface area (Å²) in [4.78, 5) is 4.69. The van der Waals surface area contributed by atoms with Crippen molar-refractivity contribution in [2.24, 2.45) is 0 Å². The van der Waals surface area contributed by atoms with Crippen LogP contribution in [0.3, 0.4) is 0 Å². The number of benzene rings is 2. The fraction of sp³-hybridized carbons (Fsp3) is 0.0625. The van der Waals surface area contributed by atoms with E-state index >= 15 is 0 Å². The van der Waals surface area contributed by atoms with E-state index in [1.807, 2.05) is 30.3 Å². The minimum Gasteiger partial charge on any atom is -0.248 e. The molecule has 17 heavy (non-hydrogen) atoms. The maximum absolute atomic E-state index is 4.69. The van der Waals surface area contributed by atoms with Crippen LogP contribution >= 0.6 is 0 Å². The lowest BCUT2D eigenvalue weighted by atomic mass is 10.0. The van der Waals surface area contributed by atoms with Gasteiger partial charge in [-0.2, -0.15) is 0 Å². The SMILES string of the molecule is Cc1cc[c]cc1-c1ccc2ccccc2n1. The summed E-state index contributed by atoms with van der Waals surface area (Å²) >= 11 is 0. The number of aromatic nitrogens is 1. The first-order valence-electron chi connectivity index (χ1n) is 5.67. The van der Waals surface area contributed by atoms with Gasteiger partial charge in [0.15, 0.2) is 0 Å². The standard InChI is InChI=1S/C16H12N/c1-12-6-2-4-8-14(12)16-11-10-13-7-3-5-9-15(13)17-16/h2-3,5-11H,1H3. The van der Waals surface area contributed by atoms with Crippen LogP contribution in [0.15, 0.2) is 54.6 Å². The van der Waals surface area contributed by atoms with Crippen LogP contribution < -0.4 is 0 Å². The monoisotopic (exact) mass is 218 g/mol. The van der Waals surface area contributed by atoms with Crippen molar-refractivity contribution in [3.8, 4) is 11.3 Å². The Hall–Kier alpha value is -2.15. The van der Waals surface area contributed by atoms with Gasteiger partial charge in [-0.25, -0.2) is 4.98 Å². The molecule has 0 aliphatic heterocycles. The van der Waals surface area contributed by atoms with E-state index < -0.39 is 0 Å². The van der Waals surface area contributed by atoms with Gasteiger partial charge in [-0.3, -0.25) is 0 Å². The zero-order chi connectivity index (χ0) is 11.7. The molecular weight excluding hydrogens is 206 g/mol. The maximum Gasteiger partial charge on any atom is 0.0712 e. The lowest BCUT2D eigenvalue weighted by molar-refractivity contribution is 1.36. The van der Waals surface area contributed by atoms with Crippen molar-refractivity contribution in [3.05, 3.63) is 66.2 Å². The second-order valence-electron chi connectivity index (χ2n) is 4.13. The molecule has 0 aliphatic rings. The summed E-state index contributed by atoms with van der Waals surface area (Å²) in [5.41, 5.74) is 4.43. The quantitative estimate of drug-likeness (QED) is 0.601. The molecule has 0 saturated carbocycles. The van der Waals surface area contributed by atoms with Crippen LogP contribution in [0, 0.1) is 13.0 Å². The van der Waals surface area contributed by atoms with Crippen LogP contribution in [0.25, 0.3) is 22.2 Å². The molecule has 0 fully saturated rings. The molecule has 3 aromatic rings. The maximum atomic E-state index is 4.69. The summed E-state index contributed by atoms with van der Waals surface area (Å²) in [5, 5.41) is 1.17. The summed E-state index contributed by atoms with van der Waals surface area (Å²) in [6.07, 6.45) is 0. The van der Waals surface area contributed by atoms with Gasteiger partial charge in [0.2, 0.25) is 0 Å². The first-order chi connectivity index (χ1) is 8.34. The van der Waals surface area contributed by atoms with E-state index in [1.165, 1.54) is 10.9 Å². The molecule has 1 radical (unpaired) electrons. The highest BCUT2D eigenvalue weighted by Gasteiger charge is 2.03. The van der Waals surface area contributed by atoms with E-state index in [0.717, 1.165) is 16.8 Å². The van der Waals surface area contributed by atoms with Crippen LogP contribution in [-0.2, 0) is 0 Å². The van der Waals surface area contributed by atoms with Gasteiger partial charge in [0.25, 0.3) is 0 Å². The van der Waals surface area contributed by atoms with E-state index in [0.29, 0.717) is 0 Å². The predicted octanol–water partition coefficient (Wildman–Crippen LogP) is 4.01. The van der Waals surface area contributed by atoms with Gasteiger partial charge >= 0.3 is 0 Å². The van der Waals surface area contributed by atoms with Crippen molar-refractivity contribution in [1.82, 2.24) is 4.98 Å². The van der Waals surface area contributed by atoms with Gasteiger partial charge in [0, 0.05) is 10.9 Å². The first kappa shape index (κ1) is 10.0. The summed E-state index contributed by atoms with van der Waals surface area (Å²) in [7, 11) is 0. The molecule has 3 rings (SSSR count). The Morgan fingerprint density at radius 1 is 1.00 bits per heavy atom. The number of hydrogen-bond donors (Lipinski definition) is 0. The second kappa shape index (κ2) is 4.02. The van der Waals surface area contributed by atoms with Gasteiger partial charge in [-0.1, -0.05) is 36.4 Å². The molecular formula is C16H12N. The summed E-state index contributed by atoms with van der Waals surface area (Å²) < 4.78 is 0. The van der Waals surface area contributed by atoms with Crippen molar-refractivity contribution in [1.29, 1.82) is 0 Å². The Morgan fingerprint density at radius 2 is 1.88 bits per heavy atom. The van der Waals surface area contributed by atoms with Gasteiger partial charge in [-0.15, -0.1) is 0 Å². The van der Waals surface area contributed by atoms with Crippen LogP contribution in [-0.4, -0.2) is 4.98 Å². The zero-order valence-electron chi connectivity index (χ0n) is 9.64. The molecule has 1 heterocycles. The van der Waals surface area contributed by atoms with Gasteiger partial charge in [0.1, 0.15) is 0 Å². The van der Waals surface area contributed by atoms with Crippen LogP contribution in [0.1, 0.15) is 5.56 Å². The third kappa shape index (κ3) is 1.80. The van der Waals surface area contributed by atoms with Crippen LogP contribution in [0.5, 0.6) is 0 Å². The van der Waals surface area contributed by atoms with Crippen molar-refractivity contribution in [2.75, 3.05) is 0 Å². The van der Waals surface area contributed by atoms with E-state index in [2.05, 4.69) is 42.2 Å². The van der Waals surface area contributed by atoms with Crippen molar-refractivity contribution in [3.63, 3.8) is 0 Å². The average Bonchev–Trinajstić information content (AvgIpc) is 2.39. The molecule has 1 heteroatoms. The average molecular weight is 218 g/mol. The van der Waals surface area contributed by atoms with Gasteiger partial charge in [-0.05, 0) is 36.8 Å². The molecule has 0 spiro atoms. The van der Waals surface area contributed by atoms with E-state index in [1.54, 1.807) is 0 Å². The van der Waals surface area contributed by atoms with E-state index in [9.17, 15) is 0 Å². The molecule has 1 aromatic heterocycles. The Bertz CT molecular complexity index is 671. The minimum absolute atomic E-state index is 1.01. The number of fused-ring (bicyclic) bond motifs is 1. The number of rotatable bonds is 1. The minimum atomic E-state index is 1.01. The normalized spacial score (nSPS) is 10.6. The lowest BCUT2D eigenvalue weighted by Gasteiger charge is -2.05. The number of aryl methyl sites for hydroxylation is 1. The Morgan fingerprint density at radius 3 is 2.76 bits per heavy atom. The van der Waals surface area contributed by atoms with Crippen molar-refractivity contribution >= 4 is 10.9 Å². The molecule has 0 aliphatic carbocycles. The van der Waals surface area contributed by atoms with E-state index in [4.69, 9.17) is 0 Å². The molecule has 0 unspecified atom stereocenters. The Labute approximate surface area is 101 Å². The third-order valence-electron chi connectivity index (χ3n) is 2.96. The smallest absolute Gasteiger partial charge is 0.0712 e. The van der Waals surface area contributed by atoms with Crippen molar-refractivity contribution in [2.45, 2.75) is 6.92 Å². The summed E-state index contributed by atoms with van der Waals surface area (Å²) in [5.74, 6) is 0. The Balaban J connectivity index is 2.22. The molecule has 2 aromatic carbocycles. The fourth-order valence-corrected chi connectivity index (χ4v) is 2.00. The topological polar surface area (TPSA) is 12.9 Å². The summed E-state index contributed by atoms with van der Waals surface area (Å²) in [6.45, 7) is 2.10. The first-order valence-corrected chi connectivity index (χ1v) is 5.67. The number of nitrogens with zero attached hydrogens (tertiary/aromatic N) is 1. The number of hydrogen-bond acceptors (Lipinski definition) is 1. The molecule has 1 nitrogen and oxygen atoms in total. The van der Waals surface area contributed by atoms with Crippen molar-refractivity contribution < 1.29 is 0 Å². The predicted molar refractivity (Wildman–Crippen MR) is 70.8 cm³/mol. The fourth-order valence-electron chi connectivity index (χ4n) is 2.00. The highest BCUT2D eigenvalue weighted by molar-refractivity contribution is 5.81. The van der Waals surface area contributed by atoms with E-state index in [-0.39, 0.29) is 0 Å². The van der Waals surface area contributed by atoms with Gasteiger partial charge in [0.05, 0.1) is 11.2 Å². The second-order valence-corrected chi connectivity index (χ2v) is 4.13. The van der Waals surface area contributed by atoms with Crippen LogP contribution in [0.4, 0.5) is 0 Å².